The lowest BCUT2D eigenvalue weighted by molar-refractivity contribution is 0.328. The average molecular weight is 233 g/mol. The molecule has 0 spiro atoms. The Kier molecular flexibility index (Phi) is 3.87. The van der Waals surface area contributed by atoms with Gasteiger partial charge in [0.2, 0.25) is 0 Å². The van der Waals surface area contributed by atoms with Crippen molar-refractivity contribution in [1.82, 2.24) is 4.98 Å². The van der Waals surface area contributed by atoms with Crippen molar-refractivity contribution in [3.05, 3.63) is 17.8 Å². The van der Waals surface area contributed by atoms with E-state index < -0.39 is 0 Å². The summed E-state index contributed by atoms with van der Waals surface area (Å²) in [5.41, 5.74) is 7.84. The summed E-state index contributed by atoms with van der Waals surface area (Å²) in [6, 6.07) is 2.44. The first-order valence-corrected chi connectivity index (χ1v) is 6.65. The fraction of sp³-hybridized carbons (Fsp3) is 0.643. The molecule has 0 saturated heterocycles. The topological polar surface area (TPSA) is 50.9 Å². The summed E-state index contributed by atoms with van der Waals surface area (Å²) in [6.45, 7) is 4.26. The maximum atomic E-state index is 5.97. The molecule has 1 fully saturated rings. The van der Waals surface area contributed by atoms with Gasteiger partial charge in [-0.25, -0.2) is 4.98 Å². The van der Waals surface area contributed by atoms with Gasteiger partial charge >= 0.3 is 0 Å². The van der Waals surface area contributed by atoms with Gasteiger partial charge in [0.15, 0.2) is 0 Å². The predicted octanol–water partition coefficient (Wildman–Crippen LogP) is 3.35. The maximum absolute atomic E-state index is 5.97. The van der Waals surface area contributed by atoms with Gasteiger partial charge in [-0.1, -0.05) is 19.3 Å². The molecule has 1 saturated carbocycles. The third-order valence-corrected chi connectivity index (χ3v) is 3.78. The van der Waals surface area contributed by atoms with E-state index in [1.165, 1.54) is 32.1 Å². The minimum absolute atomic E-state index is 0.466. The van der Waals surface area contributed by atoms with E-state index in [0.717, 1.165) is 23.0 Å². The summed E-state index contributed by atoms with van der Waals surface area (Å²) < 4.78 is 0. The minimum atomic E-state index is 0.466. The molecule has 3 heteroatoms. The zero-order valence-corrected chi connectivity index (χ0v) is 10.9. The number of pyridine rings is 1. The summed E-state index contributed by atoms with van der Waals surface area (Å²) in [5.74, 6) is 1.61. The first-order valence-electron chi connectivity index (χ1n) is 6.65. The van der Waals surface area contributed by atoms with Crippen molar-refractivity contribution in [1.29, 1.82) is 0 Å². The number of aryl methyl sites for hydroxylation is 1. The molecule has 1 aliphatic rings. The van der Waals surface area contributed by atoms with E-state index in [1.807, 2.05) is 19.2 Å². The monoisotopic (exact) mass is 233 g/mol. The summed E-state index contributed by atoms with van der Waals surface area (Å²) in [6.07, 6.45) is 8.67. The van der Waals surface area contributed by atoms with Crippen LogP contribution in [0, 0.1) is 12.8 Å². The van der Waals surface area contributed by atoms with Gasteiger partial charge in [0.25, 0.3) is 0 Å². The van der Waals surface area contributed by atoms with Gasteiger partial charge in [-0.05, 0) is 44.2 Å². The normalized spacial score (nSPS) is 18.9. The van der Waals surface area contributed by atoms with Crippen molar-refractivity contribution in [2.75, 3.05) is 11.1 Å². The fourth-order valence-corrected chi connectivity index (χ4v) is 2.68. The van der Waals surface area contributed by atoms with Gasteiger partial charge in [-0.2, -0.15) is 0 Å². The van der Waals surface area contributed by atoms with E-state index in [2.05, 4.69) is 17.2 Å². The molecule has 1 heterocycles. The van der Waals surface area contributed by atoms with Crippen molar-refractivity contribution in [3.8, 4) is 0 Å². The molecule has 1 atom stereocenters. The van der Waals surface area contributed by atoms with E-state index in [0.29, 0.717) is 6.04 Å². The van der Waals surface area contributed by atoms with Crippen molar-refractivity contribution in [2.45, 2.75) is 52.0 Å². The van der Waals surface area contributed by atoms with E-state index in [-0.39, 0.29) is 0 Å². The molecular weight excluding hydrogens is 210 g/mol. The van der Waals surface area contributed by atoms with Crippen molar-refractivity contribution < 1.29 is 0 Å². The smallest absolute Gasteiger partial charge is 0.149 e. The molecule has 3 N–H and O–H groups in total. The molecule has 0 aromatic carbocycles. The Balaban J connectivity index is 1.99. The van der Waals surface area contributed by atoms with Gasteiger partial charge in [0.1, 0.15) is 5.82 Å². The largest absolute Gasteiger partial charge is 0.396 e. The van der Waals surface area contributed by atoms with Crippen LogP contribution in [0.15, 0.2) is 12.3 Å². The third kappa shape index (κ3) is 3.11. The van der Waals surface area contributed by atoms with Crippen molar-refractivity contribution in [3.63, 3.8) is 0 Å². The highest BCUT2D eigenvalue weighted by molar-refractivity contribution is 5.62. The molecule has 1 aromatic rings. The highest BCUT2D eigenvalue weighted by Gasteiger charge is 2.20. The number of hydrogen-bond acceptors (Lipinski definition) is 3. The zero-order valence-electron chi connectivity index (χ0n) is 10.9. The Morgan fingerprint density at radius 3 is 2.71 bits per heavy atom. The van der Waals surface area contributed by atoms with Crippen LogP contribution in [0.25, 0.3) is 0 Å². The second-order valence-electron chi connectivity index (χ2n) is 5.28. The first kappa shape index (κ1) is 12.2. The Bertz CT molecular complexity index is 370. The Labute approximate surface area is 104 Å². The molecule has 1 aliphatic carbocycles. The first-order chi connectivity index (χ1) is 8.16. The lowest BCUT2D eigenvalue weighted by Gasteiger charge is -2.29. The van der Waals surface area contributed by atoms with Gasteiger partial charge < -0.3 is 11.1 Å². The van der Waals surface area contributed by atoms with Crippen LogP contribution in [0.3, 0.4) is 0 Å². The predicted molar refractivity (Wildman–Crippen MR) is 73.0 cm³/mol. The number of nitrogen functional groups attached to an aromatic ring is 1. The molecule has 2 rings (SSSR count). The summed E-state index contributed by atoms with van der Waals surface area (Å²) in [4.78, 5) is 4.38. The van der Waals surface area contributed by atoms with Crippen LogP contribution in [-0.2, 0) is 0 Å². The number of aromatic nitrogens is 1. The van der Waals surface area contributed by atoms with E-state index in [4.69, 9.17) is 5.73 Å². The molecule has 0 aliphatic heterocycles. The van der Waals surface area contributed by atoms with Crippen LogP contribution in [-0.4, -0.2) is 11.0 Å². The van der Waals surface area contributed by atoms with Crippen molar-refractivity contribution in [2.24, 2.45) is 5.92 Å². The van der Waals surface area contributed by atoms with Crippen LogP contribution in [0.2, 0.25) is 0 Å². The van der Waals surface area contributed by atoms with E-state index in [1.54, 1.807) is 0 Å². The number of nitrogens with one attached hydrogen (secondary N) is 1. The Morgan fingerprint density at radius 1 is 1.35 bits per heavy atom. The molecule has 3 nitrogen and oxygen atoms in total. The number of hydrogen-bond donors (Lipinski definition) is 2. The number of nitrogens with two attached hydrogens (primary N) is 1. The van der Waals surface area contributed by atoms with Crippen LogP contribution in [0.5, 0.6) is 0 Å². The van der Waals surface area contributed by atoms with E-state index in [9.17, 15) is 0 Å². The lowest BCUT2D eigenvalue weighted by atomic mass is 9.84. The molecule has 0 amide bonds. The molecule has 1 unspecified atom stereocenters. The number of rotatable bonds is 3. The second kappa shape index (κ2) is 5.39. The molecule has 0 bridgehead atoms. The van der Waals surface area contributed by atoms with Gasteiger partial charge in [0, 0.05) is 12.2 Å². The van der Waals surface area contributed by atoms with Crippen LogP contribution >= 0.6 is 0 Å². The summed E-state index contributed by atoms with van der Waals surface area (Å²) in [5, 5.41) is 3.47. The molecule has 1 aromatic heterocycles. The van der Waals surface area contributed by atoms with Crippen LogP contribution in [0.1, 0.15) is 44.6 Å². The number of anilines is 2. The van der Waals surface area contributed by atoms with Gasteiger partial charge in [-0.15, -0.1) is 0 Å². The Morgan fingerprint density at radius 2 is 2.06 bits per heavy atom. The quantitative estimate of drug-likeness (QED) is 0.841. The van der Waals surface area contributed by atoms with Crippen LogP contribution < -0.4 is 11.1 Å². The van der Waals surface area contributed by atoms with Gasteiger partial charge in [-0.3, -0.25) is 0 Å². The van der Waals surface area contributed by atoms with Crippen molar-refractivity contribution >= 4 is 11.5 Å². The highest BCUT2D eigenvalue weighted by atomic mass is 15.0. The fourth-order valence-electron chi connectivity index (χ4n) is 2.68. The van der Waals surface area contributed by atoms with Crippen LogP contribution in [0.4, 0.5) is 11.5 Å². The highest BCUT2D eigenvalue weighted by Crippen LogP contribution is 2.28. The standard InChI is InChI=1S/C14H23N3/c1-10-8-13(15)14(16-9-10)17-11(2)12-6-4-3-5-7-12/h8-9,11-12H,3-7,15H2,1-2H3,(H,16,17). The number of nitrogens with zero attached hydrogens (tertiary/aromatic N) is 1. The zero-order chi connectivity index (χ0) is 12.3. The Hall–Kier alpha value is -1.25. The lowest BCUT2D eigenvalue weighted by Crippen LogP contribution is -2.28. The molecule has 0 radical (unpaired) electrons. The SMILES string of the molecule is Cc1cnc(NC(C)C2CCCCC2)c(N)c1. The second-order valence-corrected chi connectivity index (χ2v) is 5.28. The maximum Gasteiger partial charge on any atom is 0.149 e. The molecular formula is C14H23N3. The van der Waals surface area contributed by atoms with Gasteiger partial charge in [0.05, 0.1) is 5.69 Å². The average Bonchev–Trinajstić information content (AvgIpc) is 2.34. The summed E-state index contributed by atoms with van der Waals surface area (Å²) >= 11 is 0. The minimum Gasteiger partial charge on any atom is -0.396 e. The summed E-state index contributed by atoms with van der Waals surface area (Å²) in [7, 11) is 0. The van der Waals surface area contributed by atoms with E-state index >= 15 is 0 Å². The molecule has 94 valence electrons. The molecule has 17 heavy (non-hydrogen) atoms. The third-order valence-electron chi connectivity index (χ3n) is 3.78.